The molecule has 0 fully saturated rings. The lowest BCUT2D eigenvalue weighted by Gasteiger charge is -2.17. The van der Waals surface area contributed by atoms with Crippen molar-refractivity contribution in [1.29, 1.82) is 0 Å². The van der Waals surface area contributed by atoms with Gasteiger partial charge in [-0.1, -0.05) is 20.3 Å². The first-order valence-corrected chi connectivity index (χ1v) is 7.02. The minimum Gasteiger partial charge on any atom is -0.496 e. The van der Waals surface area contributed by atoms with Crippen molar-refractivity contribution in [2.75, 3.05) is 7.11 Å². The van der Waals surface area contributed by atoms with E-state index >= 15 is 0 Å². The first kappa shape index (κ1) is 16.4. The van der Waals surface area contributed by atoms with Crippen LogP contribution in [0.15, 0.2) is 18.2 Å². The Labute approximate surface area is 120 Å². The van der Waals surface area contributed by atoms with Gasteiger partial charge >= 0.3 is 0 Å². The Morgan fingerprint density at radius 2 is 2.05 bits per heavy atom. The van der Waals surface area contributed by atoms with Crippen molar-refractivity contribution in [2.45, 2.75) is 46.2 Å². The fourth-order valence-corrected chi connectivity index (χ4v) is 2.11. The quantitative estimate of drug-likeness (QED) is 0.584. The van der Waals surface area contributed by atoms with Crippen LogP contribution >= 0.6 is 0 Å². The van der Waals surface area contributed by atoms with Crippen LogP contribution in [0.1, 0.15) is 39.2 Å². The van der Waals surface area contributed by atoms with Crippen molar-refractivity contribution >= 4 is 5.69 Å². The second-order valence-corrected chi connectivity index (χ2v) is 5.33. The maximum Gasteiger partial charge on any atom is 0.273 e. The number of nitrogens with zero attached hydrogens (tertiary/aromatic N) is 1. The number of methoxy groups -OCH3 is 1. The van der Waals surface area contributed by atoms with E-state index in [1.807, 2.05) is 6.07 Å². The van der Waals surface area contributed by atoms with Gasteiger partial charge in [0.25, 0.3) is 5.69 Å². The number of hydrogen-bond acceptors (Lipinski definition) is 4. The molecule has 112 valence electrons. The predicted molar refractivity (Wildman–Crippen MR) is 80.0 cm³/mol. The van der Waals surface area contributed by atoms with Crippen LogP contribution in [0.25, 0.3) is 0 Å². The van der Waals surface area contributed by atoms with Gasteiger partial charge in [0.2, 0.25) is 0 Å². The molecule has 5 nitrogen and oxygen atoms in total. The van der Waals surface area contributed by atoms with Gasteiger partial charge in [-0.15, -0.1) is 0 Å². The minimum absolute atomic E-state index is 0.0655. The van der Waals surface area contributed by atoms with Crippen molar-refractivity contribution in [3.05, 3.63) is 33.9 Å². The minimum atomic E-state index is -0.394. The van der Waals surface area contributed by atoms with E-state index in [-0.39, 0.29) is 5.69 Å². The Morgan fingerprint density at radius 3 is 2.60 bits per heavy atom. The Morgan fingerprint density at radius 1 is 1.35 bits per heavy atom. The van der Waals surface area contributed by atoms with Crippen LogP contribution < -0.4 is 10.1 Å². The van der Waals surface area contributed by atoms with Crippen LogP contribution in [0.4, 0.5) is 5.69 Å². The van der Waals surface area contributed by atoms with Crippen molar-refractivity contribution in [1.82, 2.24) is 5.32 Å². The number of nitro groups is 1. The van der Waals surface area contributed by atoms with Crippen molar-refractivity contribution in [3.63, 3.8) is 0 Å². The summed E-state index contributed by atoms with van der Waals surface area (Å²) in [5.74, 6) is 1.20. The molecule has 1 N–H and O–H groups in total. The lowest BCUT2D eigenvalue weighted by molar-refractivity contribution is -0.385. The van der Waals surface area contributed by atoms with Gasteiger partial charge in [-0.05, 0) is 30.9 Å². The molecule has 1 aromatic rings. The molecule has 0 saturated carbocycles. The third-order valence-electron chi connectivity index (χ3n) is 3.51. The Kier molecular flexibility index (Phi) is 6.45. The van der Waals surface area contributed by atoms with Crippen LogP contribution in [-0.4, -0.2) is 18.1 Å². The molecule has 0 saturated heterocycles. The molecule has 5 heteroatoms. The SMILES string of the molecule is CCC(C)CC(C)NCc1cc(OC)cc([N+](=O)[O-])c1. The van der Waals surface area contributed by atoms with Gasteiger partial charge in [-0.2, -0.15) is 0 Å². The number of nitrogens with one attached hydrogen (secondary N) is 1. The van der Waals surface area contributed by atoms with Crippen LogP contribution in [-0.2, 0) is 6.54 Å². The van der Waals surface area contributed by atoms with E-state index in [1.54, 1.807) is 6.07 Å². The summed E-state index contributed by atoms with van der Waals surface area (Å²) in [6.07, 6.45) is 2.26. The topological polar surface area (TPSA) is 64.4 Å². The fraction of sp³-hybridized carbons (Fsp3) is 0.600. The first-order chi connectivity index (χ1) is 9.46. The molecule has 2 unspecified atom stereocenters. The highest BCUT2D eigenvalue weighted by Crippen LogP contribution is 2.22. The third kappa shape index (κ3) is 5.17. The van der Waals surface area contributed by atoms with Gasteiger partial charge in [0, 0.05) is 18.7 Å². The molecular formula is C15H24N2O3. The van der Waals surface area contributed by atoms with Crippen LogP contribution in [0, 0.1) is 16.0 Å². The molecule has 2 atom stereocenters. The number of benzene rings is 1. The zero-order chi connectivity index (χ0) is 15.1. The second kappa shape index (κ2) is 7.85. The van der Waals surface area contributed by atoms with E-state index < -0.39 is 4.92 Å². The lowest BCUT2D eigenvalue weighted by Crippen LogP contribution is -2.27. The zero-order valence-corrected chi connectivity index (χ0v) is 12.7. The van der Waals surface area contributed by atoms with E-state index in [0.717, 1.165) is 18.4 Å². The summed E-state index contributed by atoms with van der Waals surface area (Å²) in [4.78, 5) is 10.5. The molecule has 0 aliphatic rings. The lowest BCUT2D eigenvalue weighted by atomic mass is 10.0. The number of ether oxygens (including phenoxy) is 1. The molecule has 0 amide bonds. The highest BCUT2D eigenvalue weighted by atomic mass is 16.6. The van der Waals surface area contributed by atoms with E-state index in [9.17, 15) is 10.1 Å². The standard InChI is InChI=1S/C15H24N2O3/c1-5-11(2)6-12(3)16-10-13-7-14(17(18)19)9-15(8-13)20-4/h7-9,11-12,16H,5-6,10H2,1-4H3. The highest BCUT2D eigenvalue weighted by molar-refractivity contribution is 5.42. The van der Waals surface area contributed by atoms with Gasteiger partial charge in [0.1, 0.15) is 5.75 Å². The molecule has 1 rings (SSSR count). The van der Waals surface area contributed by atoms with Gasteiger partial charge < -0.3 is 10.1 Å². The van der Waals surface area contributed by atoms with Crippen LogP contribution in [0.5, 0.6) is 5.75 Å². The number of non-ortho nitro benzene ring substituents is 1. The molecule has 0 spiro atoms. The second-order valence-electron chi connectivity index (χ2n) is 5.33. The van der Waals surface area contributed by atoms with E-state index in [1.165, 1.54) is 13.2 Å². The molecule has 0 aliphatic heterocycles. The summed E-state index contributed by atoms with van der Waals surface area (Å²) in [6, 6.07) is 5.24. The molecular weight excluding hydrogens is 256 g/mol. The average Bonchev–Trinajstić information content (AvgIpc) is 2.44. The molecule has 0 bridgehead atoms. The Hall–Kier alpha value is -1.62. The van der Waals surface area contributed by atoms with Gasteiger partial charge in [-0.3, -0.25) is 10.1 Å². The Bertz CT molecular complexity index is 449. The number of rotatable bonds is 8. The molecule has 0 heterocycles. The maximum absolute atomic E-state index is 10.9. The van der Waals surface area contributed by atoms with E-state index in [2.05, 4.69) is 26.1 Å². The molecule has 0 radical (unpaired) electrons. The van der Waals surface area contributed by atoms with Crippen molar-refractivity contribution < 1.29 is 9.66 Å². The van der Waals surface area contributed by atoms with Gasteiger partial charge in [0.15, 0.2) is 0 Å². The summed E-state index contributed by atoms with van der Waals surface area (Å²) < 4.78 is 5.10. The molecule has 1 aromatic carbocycles. The predicted octanol–water partition coefficient (Wildman–Crippen LogP) is 3.52. The average molecular weight is 280 g/mol. The summed E-state index contributed by atoms with van der Waals surface area (Å²) in [7, 11) is 1.52. The summed E-state index contributed by atoms with van der Waals surface area (Å²) >= 11 is 0. The summed E-state index contributed by atoms with van der Waals surface area (Å²) in [5.41, 5.74) is 0.933. The molecule has 0 aromatic heterocycles. The fourth-order valence-electron chi connectivity index (χ4n) is 2.11. The van der Waals surface area contributed by atoms with Crippen molar-refractivity contribution in [3.8, 4) is 5.75 Å². The van der Waals surface area contributed by atoms with E-state index in [4.69, 9.17) is 4.74 Å². The molecule has 20 heavy (non-hydrogen) atoms. The highest BCUT2D eigenvalue weighted by Gasteiger charge is 2.11. The van der Waals surface area contributed by atoms with Crippen LogP contribution in [0.2, 0.25) is 0 Å². The Balaban J connectivity index is 2.67. The summed E-state index contributed by atoms with van der Waals surface area (Å²) in [6.45, 7) is 7.16. The largest absolute Gasteiger partial charge is 0.496 e. The zero-order valence-electron chi connectivity index (χ0n) is 12.7. The summed E-state index contributed by atoms with van der Waals surface area (Å²) in [5, 5.41) is 14.3. The van der Waals surface area contributed by atoms with Crippen molar-refractivity contribution in [2.24, 2.45) is 5.92 Å². The molecule has 0 aliphatic carbocycles. The van der Waals surface area contributed by atoms with Gasteiger partial charge in [0.05, 0.1) is 18.1 Å². The van der Waals surface area contributed by atoms with Gasteiger partial charge in [-0.25, -0.2) is 0 Å². The maximum atomic E-state index is 10.9. The number of hydrogen-bond donors (Lipinski definition) is 1. The normalized spacial score (nSPS) is 13.8. The smallest absolute Gasteiger partial charge is 0.273 e. The number of nitro benzene ring substituents is 1. The van der Waals surface area contributed by atoms with Crippen LogP contribution in [0.3, 0.4) is 0 Å². The van der Waals surface area contributed by atoms with E-state index in [0.29, 0.717) is 24.3 Å². The first-order valence-electron chi connectivity index (χ1n) is 7.02. The monoisotopic (exact) mass is 280 g/mol. The third-order valence-corrected chi connectivity index (χ3v) is 3.51.